The number of hydrogen-bond donors (Lipinski definition) is 1. The average molecular weight is 228 g/mol. The Morgan fingerprint density at radius 2 is 2.33 bits per heavy atom. The van der Waals surface area contributed by atoms with E-state index in [0.717, 1.165) is 4.47 Å². The smallest absolute Gasteiger partial charge is 0.0686 e. The maximum atomic E-state index is 8.87. The van der Waals surface area contributed by atoms with E-state index in [9.17, 15) is 0 Å². The normalized spacial score (nSPS) is 9.17. The average Bonchev–Trinajstić information content (AvgIpc) is 2.08. The van der Waals surface area contributed by atoms with E-state index < -0.39 is 0 Å². The lowest BCUT2D eigenvalue weighted by Crippen LogP contribution is -1.82. The lowest BCUT2D eigenvalue weighted by atomic mass is 10.2. The number of rotatable bonds is 2. The molecule has 0 amide bonds. The number of hydrogen-bond acceptors (Lipinski definition) is 2. The van der Waals surface area contributed by atoms with Gasteiger partial charge in [-0.05, 0) is 23.2 Å². The highest BCUT2D eigenvalue weighted by Crippen LogP contribution is 2.23. The summed E-state index contributed by atoms with van der Waals surface area (Å²) in [5.74, 6) is 0. The van der Waals surface area contributed by atoms with Crippen LogP contribution in [0.25, 0.3) is 10.4 Å². The highest BCUT2D eigenvalue weighted by molar-refractivity contribution is 9.10. The Bertz CT molecular complexity index is 333. The van der Waals surface area contributed by atoms with Crippen molar-refractivity contribution in [3.05, 3.63) is 38.7 Å². The van der Waals surface area contributed by atoms with E-state index in [1.54, 1.807) is 18.2 Å². The molecule has 0 fully saturated rings. The predicted octanol–water partition coefficient (Wildman–Crippen LogP) is 2.88. The Balaban J connectivity index is 3.19. The molecule has 0 atom stereocenters. The highest BCUT2D eigenvalue weighted by atomic mass is 79.9. The summed E-state index contributed by atoms with van der Waals surface area (Å²) in [6.07, 6.45) is 0. The maximum Gasteiger partial charge on any atom is 0.0686 e. The van der Waals surface area contributed by atoms with Gasteiger partial charge < -0.3 is 5.11 Å². The first kappa shape index (κ1) is 9.06. The van der Waals surface area contributed by atoms with Crippen molar-refractivity contribution < 1.29 is 5.11 Å². The van der Waals surface area contributed by atoms with Crippen LogP contribution in [0.2, 0.25) is 0 Å². The number of azide groups is 1. The van der Waals surface area contributed by atoms with Crippen molar-refractivity contribution in [1.29, 1.82) is 0 Å². The number of halogens is 1. The summed E-state index contributed by atoms with van der Waals surface area (Å²) in [4.78, 5) is 2.64. The second kappa shape index (κ2) is 4.11. The minimum Gasteiger partial charge on any atom is -0.392 e. The molecule has 0 spiro atoms. The molecule has 0 saturated carbocycles. The summed E-state index contributed by atoms with van der Waals surface area (Å²) < 4.78 is 0.850. The quantitative estimate of drug-likeness (QED) is 0.471. The third-order valence-electron chi connectivity index (χ3n) is 1.36. The van der Waals surface area contributed by atoms with Gasteiger partial charge in [-0.1, -0.05) is 27.1 Å². The molecule has 0 saturated heterocycles. The van der Waals surface area contributed by atoms with Crippen molar-refractivity contribution in [2.45, 2.75) is 6.61 Å². The molecule has 5 heteroatoms. The molecule has 0 heterocycles. The molecule has 1 N–H and O–H groups in total. The van der Waals surface area contributed by atoms with Crippen LogP contribution in [-0.2, 0) is 6.61 Å². The van der Waals surface area contributed by atoms with Crippen LogP contribution in [0.1, 0.15) is 5.56 Å². The Morgan fingerprint density at radius 1 is 1.58 bits per heavy atom. The second-order valence-corrected chi connectivity index (χ2v) is 3.04. The zero-order valence-electron chi connectivity index (χ0n) is 6.11. The maximum absolute atomic E-state index is 8.87. The van der Waals surface area contributed by atoms with Crippen LogP contribution < -0.4 is 0 Å². The highest BCUT2D eigenvalue weighted by Gasteiger charge is 1.98. The number of aliphatic hydroxyl groups is 1. The molecule has 0 aromatic heterocycles. The Morgan fingerprint density at radius 3 is 2.92 bits per heavy atom. The van der Waals surface area contributed by atoms with Crippen molar-refractivity contribution in [1.82, 2.24) is 0 Å². The molecule has 0 aliphatic rings. The van der Waals surface area contributed by atoms with Crippen molar-refractivity contribution in [3.8, 4) is 0 Å². The van der Waals surface area contributed by atoms with Crippen molar-refractivity contribution in [2.24, 2.45) is 5.11 Å². The molecule has 4 nitrogen and oxygen atoms in total. The summed E-state index contributed by atoms with van der Waals surface area (Å²) in [7, 11) is 0. The van der Waals surface area contributed by atoms with Crippen LogP contribution in [0.15, 0.2) is 27.8 Å². The van der Waals surface area contributed by atoms with Gasteiger partial charge in [0.25, 0.3) is 0 Å². The van der Waals surface area contributed by atoms with Gasteiger partial charge in [0.2, 0.25) is 0 Å². The molecule has 62 valence electrons. The molecule has 0 bridgehead atoms. The molecule has 12 heavy (non-hydrogen) atoms. The topological polar surface area (TPSA) is 69.0 Å². The third kappa shape index (κ3) is 1.98. The standard InChI is InChI=1S/C7H6BrN3O/c8-6-1-2-7(10-11-9)5(3-6)4-12/h1-3,12H,4H2. The van der Waals surface area contributed by atoms with Crippen LogP contribution >= 0.6 is 15.9 Å². The minimum atomic E-state index is -0.131. The zero-order valence-corrected chi connectivity index (χ0v) is 7.69. The Labute approximate surface area is 77.6 Å². The van der Waals surface area contributed by atoms with Gasteiger partial charge in [0.05, 0.1) is 6.61 Å². The minimum absolute atomic E-state index is 0.131. The van der Waals surface area contributed by atoms with Crippen molar-refractivity contribution in [2.75, 3.05) is 0 Å². The van der Waals surface area contributed by atoms with E-state index in [0.29, 0.717) is 11.3 Å². The lowest BCUT2D eigenvalue weighted by molar-refractivity contribution is 0.282. The number of nitrogens with zero attached hydrogens (tertiary/aromatic N) is 3. The van der Waals surface area contributed by atoms with Gasteiger partial charge in [-0.25, -0.2) is 0 Å². The molecule has 0 radical (unpaired) electrons. The van der Waals surface area contributed by atoms with Gasteiger partial charge in [-0.3, -0.25) is 0 Å². The van der Waals surface area contributed by atoms with Crippen LogP contribution in [0, 0.1) is 0 Å². The fraction of sp³-hybridized carbons (Fsp3) is 0.143. The van der Waals surface area contributed by atoms with E-state index in [1.807, 2.05) is 0 Å². The number of benzene rings is 1. The molecule has 0 aliphatic heterocycles. The fourth-order valence-electron chi connectivity index (χ4n) is 0.826. The Kier molecular flexibility index (Phi) is 3.10. The third-order valence-corrected chi connectivity index (χ3v) is 1.86. The summed E-state index contributed by atoms with van der Waals surface area (Å²) in [6.45, 7) is -0.131. The van der Waals surface area contributed by atoms with Gasteiger partial charge in [-0.2, -0.15) is 0 Å². The molecular formula is C7H6BrN3O. The molecule has 1 rings (SSSR count). The lowest BCUT2D eigenvalue weighted by Gasteiger charge is -2.00. The largest absolute Gasteiger partial charge is 0.392 e. The van der Waals surface area contributed by atoms with Gasteiger partial charge in [0.1, 0.15) is 0 Å². The van der Waals surface area contributed by atoms with Crippen molar-refractivity contribution in [3.63, 3.8) is 0 Å². The van der Waals surface area contributed by atoms with Crippen LogP contribution in [0.5, 0.6) is 0 Å². The summed E-state index contributed by atoms with van der Waals surface area (Å²) in [5.41, 5.74) is 9.25. The van der Waals surface area contributed by atoms with Crippen molar-refractivity contribution >= 4 is 21.6 Å². The fourth-order valence-corrected chi connectivity index (χ4v) is 1.23. The molecule has 0 unspecified atom stereocenters. The summed E-state index contributed by atoms with van der Waals surface area (Å²) in [6, 6.07) is 5.11. The second-order valence-electron chi connectivity index (χ2n) is 2.12. The molecular weight excluding hydrogens is 222 g/mol. The molecule has 0 aliphatic carbocycles. The summed E-state index contributed by atoms with van der Waals surface area (Å²) >= 11 is 3.24. The van der Waals surface area contributed by atoms with E-state index in [4.69, 9.17) is 10.6 Å². The molecule has 1 aromatic carbocycles. The summed E-state index contributed by atoms with van der Waals surface area (Å²) in [5, 5.41) is 12.3. The predicted molar refractivity (Wildman–Crippen MR) is 48.9 cm³/mol. The monoisotopic (exact) mass is 227 g/mol. The van der Waals surface area contributed by atoms with Gasteiger partial charge in [-0.15, -0.1) is 0 Å². The van der Waals surface area contributed by atoms with E-state index in [-0.39, 0.29) is 6.61 Å². The SMILES string of the molecule is [N-]=[N+]=Nc1ccc(Br)cc1CO. The van der Waals surface area contributed by atoms with E-state index >= 15 is 0 Å². The van der Waals surface area contributed by atoms with E-state index in [2.05, 4.69) is 26.0 Å². The van der Waals surface area contributed by atoms with Crippen LogP contribution in [-0.4, -0.2) is 5.11 Å². The first-order valence-corrected chi connectivity index (χ1v) is 4.01. The number of aliphatic hydroxyl groups excluding tert-OH is 1. The van der Waals surface area contributed by atoms with Crippen LogP contribution in [0.3, 0.4) is 0 Å². The zero-order chi connectivity index (χ0) is 8.97. The Hall–Kier alpha value is -1.03. The van der Waals surface area contributed by atoms with Gasteiger partial charge >= 0.3 is 0 Å². The molecule has 1 aromatic rings. The first-order valence-electron chi connectivity index (χ1n) is 3.22. The first-order chi connectivity index (χ1) is 5.77. The van der Waals surface area contributed by atoms with E-state index in [1.165, 1.54) is 0 Å². The van der Waals surface area contributed by atoms with Gasteiger partial charge in [0.15, 0.2) is 0 Å². The van der Waals surface area contributed by atoms with Gasteiger partial charge in [0, 0.05) is 15.1 Å². The van der Waals surface area contributed by atoms with Crippen LogP contribution in [0.4, 0.5) is 5.69 Å².